The van der Waals surface area contributed by atoms with Crippen molar-refractivity contribution >= 4 is 23.5 Å². The number of nitrogens with zero attached hydrogens (tertiary/aromatic N) is 1. The minimum absolute atomic E-state index is 0.0613. The number of carbonyl (C=O) groups excluding carboxylic acids is 2. The zero-order valence-corrected chi connectivity index (χ0v) is 14.5. The summed E-state index contributed by atoms with van der Waals surface area (Å²) in [6.07, 6.45) is 2.06. The average molecular weight is 342 g/mol. The van der Waals surface area contributed by atoms with Crippen molar-refractivity contribution in [2.75, 3.05) is 26.3 Å². The molecule has 0 aliphatic rings. The Labute approximate surface area is 142 Å². The lowest BCUT2D eigenvalue weighted by Crippen LogP contribution is -2.37. The van der Waals surface area contributed by atoms with Crippen LogP contribution in [0.4, 0.5) is 0 Å². The van der Waals surface area contributed by atoms with Gasteiger partial charge in [0.15, 0.2) is 6.61 Å². The van der Waals surface area contributed by atoms with E-state index in [1.54, 1.807) is 36.1 Å². The molecule has 5 nitrogen and oxygen atoms in total. The van der Waals surface area contributed by atoms with Gasteiger partial charge in [-0.3, -0.25) is 9.59 Å². The summed E-state index contributed by atoms with van der Waals surface area (Å²) in [6, 6.07) is 6.84. The molecule has 0 N–H and O–H groups in total. The quantitative estimate of drug-likeness (QED) is 0.613. The van der Waals surface area contributed by atoms with E-state index in [-0.39, 0.29) is 24.9 Å². The molecule has 0 aliphatic heterocycles. The molecule has 0 bridgehead atoms. The van der Waals surface area contributed by atoms with E-state index in [2.05, 4.69) is 6.92 Å². The first-order valence-electron chi connectivity index (χ1n) is 7.88. The molecule has 23 heavy (non-hydrogen) atoms. The van der Waals surface area contributed by atoms with Gasteiger partial charge in [-0.25, -0.2) is 0 Å². The fraction of sp³-hybridized carbons (Fsp3) is 0.529. The van der Waals surface area contributed by atoms with Gasteiger partial charge < -0.3 is 14.4 Å². The number of benzene rings is 1. The van der Waals surface area contributed by atoms with Crippen molar-refractivity contribution in [2.45, 2.75) is 33.1 Å². The number of esters is 1. The lowest BCUT2D eigenvalue weighted by molar-refractivity contribution is -0.144. The van der Waals surface area contributed by atoms with Crippen LogP contribution in [0.25, 0.3) is 0 Å². The first-order chi connectivity index (χ1) is 11.1. The van der Waals surface area contributed by atoms with E-state index < -0.39 is 0 Å². The zero-order chi connectivity index (χ0) is 17.1. The second-order valence-corrected chi connectivity index (χ2v) is 5.47. The van der Waals surface area contributed by atoms with Crippen molar-refractivity contribution in [1.82, 2.24) is 4.90 Å². The normalized spacial score (nSPS) is 10.2. The molecule has 0 fully saturated rings. The number of hydrogen-bond donors (Lipinski definition) is 0. The Hall–Kier alpha value is -1.75. The molecule has 1 rings (SSSR count). The maximum atomic E-state index is 12.3. The van der Waals surface area contributed by atoms with Crippen molar-refractivity contribution in [3.05, 3.63) is 29.3 Å². The number of carbonyl (C=O) groups is 2. The van der Waals surface area contributed by atoms with Crippen LogP contribution in [0.1, 0.15) is 33.1 Å². The van der Waals surface area contributed by atoms with Crippen molar-refractivity contribution in [1.29, 1.82) is 0 Å². The monoisotopic (exact) mass is 341 g/mol. The minimum Gasteiger partial charge on any atom is -0.484 e. The average Bonchev–Trinajstić information content (AvgIpc) is 2.54. The summed E-state index contributed by atoms with van der Waals surface area (Å²) >= 11 is 5.80. The summed E-state index contributed by atoms with van der Waals surface area (Å²) in [6.45, 7) is 5.06. The Morgan fingerprint density at radius 2 is 1.83 bits per heavy atom. The van der Waals surface area contributed by atoms with Crippen molar-refractivity contribution < 1.29 is 19.1 Å². The van der Waals surface area contributed by atoms with Gasteiger partial charge >= 0.3 is 5.97 Å². The zero-order valence-electron chi connectivity index (χ0n) is 13.7. The Morgan fingerprint density at radius 1 is 1.13 bits per heavy atom. The molecule has 128 valence electrons. The predicted octanol–water partition coefficient (Wildman–Crippen LogP) is 3.30. The van der Waals surface area contributed by atoms with Gasteiger partial charge in [0.05, 0.1) is 13.0 Å². The van der Waals surface area contributed by atoms with Crippen LogP contribution in [0, 0.1) is 0 Å². The maximum Gasteiger partial charge on any atom is 0.307 e. The van der Waals surface area contributed by atoms with Crippen molar-refractivity contribution in [2.24, 2.45) is 0 Å². The Bertz CT molecular complexity index is 490. The van der Waals surface area contributed by atoms with E-state index >= 15 is 0 Å². The first-order valence-corrected chi connectivity index (χ1v) is 8.26. The van der Waals surface area contributed by atoms with Gasteiger partial charge in [-0.05, 0) is 37.6 Å². The third-order valence-electron chi connectivity index (χ3n) is 3.20. The van der Waals surface area contributed by atoms with Gasteiger partial charge in [0.1, 0.15) is 5.75 Å². The third kappa shape index (κ3) is 7.88. The molecule has 0 aromatic heterocycles. The summed E-state index contributed by atoms with van der Waals surface area (Å²) in [5.41, 5.74) is 0. The molecule has 0 heterocycles. The van der Waals surface area contributed by atoms with Gasteiger partial charge in [-0.1, -0.05) is 24.9 Å². The number of halogens is 1. The molecule has 0 spiro atoms. The topological polar surface area (TPSA) is 55.8 Å². The molecule has 0 radical (unpaired) electrons. The van der Waals surface area contributed by atoms with Crippen LogP contribution in [0.2, 0.25) is 5.02 Å². The SMILES string of the molecule is CCCCN(CCC(=O)OCC)C(=O)COc1ccc(Cl)cc1. The number of rotatable bonds is 10. The molecule has 0 saturated heterocycles. The Kier molecular flexibility index (Phi) is 9.14. The van der Waals surface area contributed by atoms with Crippen LogP contribution >= 0.6 is 11.6 Å². The largest absolute Gasteiger partial charge is 0.484 e. The highest BCUT2D eigenvalue weighted by molar-refractivity contribution is 6.30. The van der Waals surface area contributed by atoms with Crippen LogP contribution in [-0.2, 0) is 14.3 Å². The summed E-state index contributed by atoms with van der Waals surface area (Å²) in [7, 11) is 0. The molecule has 1 aromatic rings. The molecule has 1 aromatic carbocycles. The molecular formula is C17H24ClNO4. The lowest BCUT2D eigenvalue weighted by atomic mass is 10.3. The van der Waals surface area contributed by atoms with E-state index in [1.807, 2.05) is 0 Å². The van der Waals surface area contributed by atoms with E-state index in [0.29, 0.717) is 30.5 Å². The Morgan fingerprint density at radius 3 is 2.43 bits per heavy atom. The van der Waals surface area contributed by atoms with E-state index in [4.69, 9.17) is 21.1 Å². The predicted molar refractivity (Wildman–Crippen MR) is 89.7 cm³/mol. The van der Waals surface area contributed by atoms with Crippen LogP contribution < -0.4 is 4.74 Å². The van der Waals surface area contributed by atoms with E-state index in [0.717, 1.165) is 12.8 Å². The van der Waals surface area contributed by atoms with Crippen LogP contribution in [0.5, 0.6) is 5.75 Å². The molecule has 0 saturated carbocycles. The highest BCUT2D eigenvalue weighted by atomic mass is 35.5. The molecule has 0 aliphatic carbocycles. The number of unbranched alkanes of at least 4 members (excludes halogenated alkanes) is 1. The molecule has 1 amide bonds. The van der Waals surface area contributed by atoms with Crippen molar-refractivity contribution in [3.63, 3.8) is 0 Å². The van der Waals surface area contributed by atoms with Crippen LogP contribution in [0.3, 0.4) is 0 Å². The van der Waals surface area contributed by atoms with Gasteiger partial charge in [-0.2, -0.15) is 0 Å². The molecule has 6 heteroatoms. The number of ether oxygens (including phenoxy) is 2. The standard InChI is InChI=1S/C17H24ClNO4/c1-3-5-11-19(12-10-17(21)22-4-2)16(20)13-23-15-8-6-14(18)7-9-15/h6-9H,3-5,10-13H2,1-2H3. The van der Waals surface area contributed by atoms with Gasteiger partial charge in [0.2, 0.25) is 0 Å². The van der Waals surface area contributed by atoms with Crippen molar-refractivity contribution in [3.8, 4) is 5.75 Å². The highest BCUT2D eigenvalue weighted by Gasteiger charge is 2.15. The molecule has 0 atom stereocenters. The summed E-state index contributed by atoms with van der Waals surface area (Å²) in [4.78, 5) is 25.4. The summed E-state index contributed by atoms with van der Waals surface area (Å²) in [5, 5.41) is 0.614. The second kappa shape index (κ2) is 10.9. The minimum atomic E-state index is -0.291. The second-order valence-electron chi connectivity index (χ2n) is 5.03. The maximum absolute atomic E-state index is 12.3. The Balaban J connectivity index is 2.49. The fourth-order valence-electron chi connectivity index (χ4n) is 1.94. The summed E-state index contributed by atoms with van der Waals surface area (Å²) in [5.74, 6) is 0.154. The lowest BCUT2D eigenvalue weighted by Gasteiger charge is -2.22. The summed E-state index contributed by atoms with van der Waals surface area (Å²) < 4.78 is 10.4. The third-order valence-corrected chi connectivity index (χ3v) is 3.45. The molecular weight excluding hydrogens is 318 g/mol. The highest BCUT2D eigenvalue weighted by Crippen LogP contribution is 2.15. The van der Waals surface area contributed by atoms with Gasteiger partial charge in [-0.15, -0.1) is 0 Å². The number of amides is 1. The smallest absolute Gasteiger partial charge is 0.307 e. The van der Waals surface area contributed by atoms with Gasteiger partial charge in [0, 0.05) is 18.1 Å². The first kappa shape index (κ1) is 19.3. The van der Waals surface area contributed by atoms with Crippen LogP contribution in [-0.4, -0.2) is 43.1 Å². The molecule has 0 unspecified atom stereocenters. The fourth-order valence-corrected chi connectivity index (χ4v) is 2.06. The van der Waals surface area contributed by atoms with Gasteiger partial charge in [0.25, 0.3) is 5.91 Å². The van der Waals surface area contributed by atoms with E-state index in [9.17, 15) is 9.59 Å². The van der Waals surface area contributed by atoms with Crippen LogP contribution in [0.15, 0.2) is 24.3 Å². The number of hydrogen-bond acceptors (Lipinski definition) is 4. The van der Waals surface area contributed by atoms with E-state index in [1.165, 1.54) is 0 Å².